The number of halogens is 1. The first-order valence-electron chi connectivity index (χ1n) is 7.95. The number of benzene rings is 2. The van der Waals surface area contributed by atoms with Crippen LogP contribution in [0.2, 0.25) is 5.02 Å². The summed E-state index contributed by atoms with van der Waals surface area (Å²) in [6, 6.07) is 16.8. The second-order valence-corrected chi connectivity index (χ2v) is 6.47. The normalized spacial score (nSPS) is 18.5. The average molecular weight is 343 g/mol. The predicted octanol–water partition coefficient (Wildman–Crippen LogP) is 3.89. The van der Waals surface area contributed by atoms with Gasteiger partial charge in [0, 0.05) is 23.7 Å². The summed E-state index contributed by atoms with van der Waals surface area (Å²) in [5.41, 5.74) is 1.72. The Hall–Kier alpha value is -2.33. The maximum absolute atomic E-state index is 12.4. The van der Waals surface area contributed by atoms with E-state index in [-0.39, 0.29) is 30.2 Å². The fourth-order valence-electron chi connectivity index (χ4n) is 3.00. The number of rotatable bonds is 4. The fourth-order valence-corrected chi connectivity index (χ4v) is 3.19. The molecule has 4 nitrogen and oxygen atoms in total. The van der Waals surface area contributed by atoms with Gasteiger partial charge in [-0.15, -0.1) is 0 Å². The molecule has 5 heteroatoms. The SMILES string of the molecule is CC(c1ccccc1)N1CC(C(=O)Nc2cccc(Cl)c2)CC1=O. The van der Waals surface area contributed by atoms with Gasteiger partial charge in [-0.2, -0.15) is 0 Å². The molecule has 2 atom stereocenters. The Labute approximate surface area is 146 Å². The number of carbonyl (C=O) groups is 2. The molecule has 0 radical (unpaired) electrons. The van der Waals surface area contributed by atoms with Crippen LogP contribution in [0.1, 0.15) is 24.9 Å². The molecule has 0 aliphatic carbocycles. The van der Waals surface area contributed by atoms with Crippen LogP contribution in [-0.2, 0) is 9.59 Å². The van der Waals surface area contributed by atoms with Crippen molar-refractivity contribution in [2.45, 2.75) is 19.4 Å². The first kappa shape index (κ1) is 16.5. The highest BCUT2D eigenvalue weighted by Gasteiger charge is 2.36. The van der Waals surface area contributed by atoms with Crippen LogP contribution in [0.15, 0.2) is 54.6 Å². The number of hydrogen-bond donors (Lipinski definition) is 1. The minimum Gasteiger partial charge on any atom is -0.335 e. The lowest BCUT2D eigenvalue weighted by atomic mass is 10.1. The molecule has 2 unspecified atom stereocenters. The van der Waals surface area contributed by atoms with Crippen molar-refractivity contribution in [1.29, 1.82) is 0 Å². The number of anilines is 1. The van der Waals surface area contributed by atoms with Crippen molar-refractivity contribution in [3.63, 3.8) is 0 Å². The third kappa shape index (κ3) is 3.60. The second kappa shape index (κ2) is 7.05. The summed E-state index contributed by atoms with van der Waals surface area (Å²) >= 11 is 5.93. The van der Waals surface area contributed by atoms with Gasteiger partial charge in [-0.3, -0.25) is 9.59 Å². The highest BCUT2D eigenvalue weighted by molar-refractivity contribution is 6.30. The summed E-state index contributed by atoms with van der Waals surface area (Å²) in [5, 5.41) is 3.41. The largest absolute Gasteiger partial charge is 0.335 e. The minimum absolute atomic E-state index is 0.0117. The first-order valence-corrected chi connectivity index (χ1v) is 8.33. The molecule has 124 valence electrons. The van der Waals surface area contributed by atoms with Gasteiger partial charge in [0.25, 0.3) is 0 Å². The van der Waals surface area contributed by atoms with Crippen LogP contribution >= 0.6 is 11.6 Å². The van der Waals surface area contributed by atoms with E-state index in [1.54, 1.807) is 29.2 Å². The Morgan fingerprint density at radius 3 is 2.67 bits per heavy atom. The lowest BCUT2D eigenvalue weighted by Gasteiger charge is -2.25. The minimum atomic E-state index is -0.345. The van der Waals surface area contributed by atoms with Crippen LogP contribution < -0.4 is 5.32 Å². The lowest BCUT2D eigenvalue weighted by Crippen LogP contribution is -2.30. The maximum Gasteiger partial charge on any atom is 0.229 e. The molecule has 2 aromatic rings. The molecule has 24 heavy (non-hydrogen) atoms. The summed E-state index contributed by atoms with van der Waals surface area (Å²) in [7, 11) is 0. The van der Waals surface area contributed by atoms with Gasteiger partial charge in [0.2, 0.25) is 11.8 Å². The fraction of sp³-hybridized carbons (Fsp3) is 0.263. The number of nitrogens with zero attached hydrogens (tertiary/aromatic N) is 1. The van der Waals surface area contributed by atoms with E-state index in [0.717, 1.165) is 5.56 Å². The van der Waals surface area contributed by atoms with Gasteiger partial charge in [-0.25, -0.2) is 0 Å². The first-order chi connectivity index (χ1) is 11.5. The number of likely N-dealkylation sites (tertiary alicyclic amines) is 1. The lowest BCUT2D eigenvalue weighted by molar-refractivity contribution is -0.129. The third-order valence-electron chi connectivity index (χ3n) is 4.37. The summed E-state index contributed by atoms with van der Waals surface area (Å²) in [6.07, 6.45) is 0.240. The van der Waals surface area contributed by atoms with E-state index in [9.17, 15) is 9.59 Å². The Bertz CT molecular complexity index is 748. The van der Waals surface area contributed by atoms with E-state index in [4.69, 9.17) is 11.6 Å². The van der Waals surface area contributed by atoms with Crippen molar-refractivity contribution >= 4 is 29.1 Å². The van der Waals surface area contributed by atoms with E-state index in [2.05, 4.69) is 5.32 Å². The van der Waals surface area contributed by atoms with Crippen LogP contribution in [0.4, 0.5) is 5.69 Å². The zero-order valence-corrected chi connectivity index (χ0v) is 14.2. The van der Waals surface area contributed by atoms with Crippen molar-refractivity contribution in [3.8, 4) is 0 Å². The third-order valence-corrected chi connectivity index (χ3v) is 4.61. The molecule has 3 rings (SSSR count). The van der Waals surface area contributed by atoms with E-state index in [1.807, 2.05) is 37.3 Å². The summed E-state index contributed by atoms with van der Waals surface area (Å²) < 4.78 is 0. The van der Waals surface area contributed by atoms with Crippen LogP contribution in [0.25, 0.3) is 0 Å². The molecule has 1 saturated heterocycles. The Morgan fingerprint density at radius 1 is 1.21 bits per heavy atom. The van der Waals surface area contributed by atoms with E-state index in [1.165, 1.54) is 0 Å². The molecule has 1 aliphatic heterocycles. The molecule has 1 fully saturated rings. The van der Waals surface area contributed by atoms with Crippen molar-refractivity contribution < 1.29 is 9.59 Å². The van der Waals surface area contributed by atoms with Gasteiger partial charge in [-0.05, 0) is 30.7 Å². The van der Waals surface area contributed by atoms with E-state index < -0.39 is 0 Å². The molecule has 0 aromatic heterocycles. The van der Waals surface area contributed by atoms with E-state index >= 15 is 0 Å². The Balaban J connectivity index is 1.67. The summed E-state index contributed by atoms with van der Waals surface area (Å²) in [6.45, 7) is 2.42. The number of carbonyl (C=O) groups excluding carboxylic acids is 2. The van der Waals surface area contributed by atoms with Gasteiger partial charge < -0.3 is 10.2 Å². The molecular formula is C19H19ClN2O2. The number of amides is 2. The van der Waals surface area contributed by atoms with Gasteiger partial charge in [0.15, 0.2) is 0 Å². The van der Waals surface area contributed by atoms with Crippen LogP contribution in [0.3, 0.4) is 0 Å². The molecule has 0 bridgehead atoms. The standard InChI is InChI=1S/C19H19ClN2O2/c1-13(14-6-3-2-4-7-14)22-12-15(10-18(22)23)19(24)21-17-9-5-8-16(20)11-17/h2-9,11,13,15H,10,12H2,1H3,(H,21,24). The molecule has 0 spiro atoms. The number of nitrogens with one attached hydrogen (secondary N) is 1. The summed E-state index contributed by atoms with van der Waals surface area (Å²) in [4.78, 5) is 26.6. The quantitative estimate of drug-likeness (QED) is 0.916. The molecule has 1 aliphatic rings. The van der Waals surface area contributed by atoms with Crippen LogP contribution in [-0.4, -0.2) is 23.3 Å². The highest BCUT2D eigenvalue weighted by Crippen LogP contribution is 2.29. The molecule has 1 heterocycles. The van der Waals surface area contributed by atoms with Crippen molar-refractivity contribution in [1.82, 2.24) is 4.90 Å². The van der Waals surface area contributed by atoms with Gasteiger partial charge in [-0.1, -0.05) is 48.0 Å². The number of hydrogen-bond acceptors (Lipinski definition) is 2. The van der Waals surface area contributed by atoms with Crippen molar-refractivity contribution in [2.75, 3.05) is 11.9 Å². The monoisotopic (exact) mass is 342 g/mol. The zero-order chi connectivity index (χ0) is 17.1. The van der Waals surface area contributed by atoms with Gasteiger partial charge >= 0.3 is 0 Å². The van der Waals surface area contributed by atoms with Gasteiger partial charge in [0.1, 0.15) is 0 Å². The molecule has 2 amide bonds. The topological polar surface area (TPSA) is 49.4 Å². The van der Waals surface area contributed by atoms with E-state index in [0.29, 0.717) is 17.3 Å². The molecule has 2 aromatic carbocycles. The smallest absolute Gasteiger partial charge is 0.229 e. The van der Waals surface area contributed by atoms with Crippen LogP contribution in [0.5, 0.6) is 0 Å². The predicted molar refractivity (Wildman–Crippen MR) is 94.8 cm³/mol. The second-order valence-electron chi connectivity index (χ2n) is 6.03. The van der Waals surface area contributed by atoms with Crippen molar-refractivity contribution in [2.24, 2.45) is 5.92 Å². The average Bonchev–Trinajstić information content (AvgIpc) is 2.97. The zero-order valence-electron chi connectivity index (χ0n) is 13.4. The van der Waals surface area contributed by atoms with Gasteiger partial charge in [0.05, 0.1) is 12.0 Å². The molecule has 0 saturated carbocycles. The molecular weight excluding hydrogens is 324 g/mol. The Morgan fingerprint density at radius 2 is 1.96 bits per heavy atom. The van der Waals surface area contributed by atoms with Crippen LogP contribution in [0, 0.1) is 5.92 Å². The Kier molecular flexibility index (Phi) is 4.86. The maximum atomic E-state index is 12.4. The summed E-state index contributed by atoms with van der Waals surface area (Å²) in [5.74, 6) is -0.478. The van der Waals surface area contributed by atoms with Crippen molar-refractivity contribution in [3.05, 3.63) is 65.2 Å². The molecule has 1 N–H and O–H groups in total. The highest BCUT2D eigenvalue weighted by atomic mass is 35.5.